The summed E-state index contributed by atoms with van der Waals surface area (Å²) in [5, 5.41) is 22.4. The third-order valence-corrected chi connectivity index (χ3v) is 2.20. The van der Waals surface area contributed by atoms with Crippen LogP contribution in [0.2, 0.25) is 0 Å². The van der Waals surface area contributed by atoms with E-state index in [2.05, 4.69) is 5.32 Å². The smallest absolute Gasteiger partial charge is 0.273 e. The number of nitro groups is 1. The number of aliphatic hydroxyl groups is 1. The van der Waals surface area contributed by atoms with Crippen molar-refractivity contribution in [3.05, 3.63) is 28.3 Å². The van der Waals surface area contributed by atoms with Gasteiger partial charge in [0.15, 0.2) is 0 Å². The molecule has 1 atom stereocenters. The molecule has 0 spiro atoms. The normalized spacial score (nSPS) is 18.6. The van der Waals surface area contributed by atoms with E-state index in [1.807, 2.05) is 0 Å². The highest BCUT2D eigenvalue weighted by Crippen LogP contribution is 2.32. The van der Waals surface area contributed by atoms with Gasteiger partial charge in [-0.25, -0.2) is 0 Å². The van der Waals surface area contributed by atoms with Crippen molar-refractivity contribution in [2.24, 2.45) is 0 Å². The number of fused-ring (bicyclic) bond motifs is 1. The zero-order valence-corrected chi connectivity index (χ0v) is 7.84. The molecule has 0 aromatic heterocycles. The molecule has 1 unspecified atom stereocenters. The van der Waals surface area contributed by atoms with Crippen LogP contribution in [0.25, 0.3) is 0 Å². The lowest BCUT2D eigenvalue weighted by molar-refractivity contribution is -0.384. The first-order valence-corrected chi connectivity index (χ1v) is 4.49. The van der Waals surface area contributed by atoms with Gasteiger partial charge in [0.25, 0.3) is 5.69 Å². The molecule has 6 nitrogen and oxygen atoms in total. The number of benzene rings is 1. The van der Waals surface area contributed by atoms with E-state index in [-0.39, 0.29) is 18.3 Å². The molecule has 1 aliphatic heterocycles. The summed E-state index contributed by atoms with van der Waals surface area (Å²) in [7, 11) is 0. The molecule has 1 aliphatic rings. The maximum absolute atomic E-state index is 10.5. The fraction of sp³-hybridized carbons (Fsp3) is 0.333. The van der Waals surface area contributed by atoms with Crippen molar-refractivity contribution in [2.45, 2.75) is 6.04 Å². The number of ether oxygens (including phenoxy) is 1. The largest absolute Gasteiger partial charge is 0.489 e. The van der Waals surface area contributed by atoms with Crippen LogP contribution in [0.5, 0.6) is 5.75 Å². The van der Waals surface area contributed by atoms with Gasteiger partial charge in [0, 0.05) is 6.07 Å². The molecule has 80 valence electrons. The van der Waals surface area contributed by atoms with Gasteiger partial charge in [-0.2, -0.15) is 0 Å². The summed E-state index contributed by atoms with van der Waals surface area (Å²) in [5.41, 5.74) is 0.670. The third kappa shape index (κ3) is 1.84. The summed E-state index contributed by atoms with van der Waals surface area (Å²) < 4.78 is 5.29. The Balaban J connectivity index is 2.28. The first-order chi connectivity index (χ1) is 7.20. The molecule has 0 saturated heterocycles. The minimum atomic E-state index is -0.470. The predicted octanol–water partition coefficient (Wildman–Crippen LogP) is 0.760. The van der Waals surface area contributed by atoms with Crippen LogP contribution in [-0.4, -0.2) is 29.3 Å². The van der Waals surface area contributed by atoms with Crippen molar-refractivity contribution >= 4 is 11.4 Å². The molecule has 0 fully saturated rings. The average Bonchev–Trinajstić information content (AvgIpc) is 2.27. The van der Waals surface area contributed by atoms with E-state index in [1.165, 1.54) is 12.1 Å². The van der Waals surface area contributed by atoms with E-state index in [0.29, 0.717) is 18.0 Å². The van der Waals surface area contributed by atoms with Crippen molar-refractivity contribution in [1.82, 2.24) is 0 Å². The van der Waals surface area contributed by atoms with Gasteiger partial charge >= 0.3 is 0 Å². The van der Waals surface area contributed by atoms with Crippen LogP contribution in [0.15, 0.2) is 18.2 Å². The number of hydrogen-bond acceptors (Lipinski definition) is 5. The van der Waals surface area contributed by atoms with Gasteiger partial charge in [-0.15, -0.1) is 0 Å². The van der Waals surface area contributed by atoms with Gasteiger partial charge in [0.2, 0.25) is 0 Å². The molecule has 6 heteroatoms. The van der Waals surface area contributed by atoms with E-state index in [0.717, 1.165) is 0 Å². The zero-order valence-electron chi connectivity index (χ0n) is 7.84. The lowest BCUT2D eigenvalue weighted by atomic mass is 10.2. The second-order valence-corrected chi connectivity index (χ2v) is 3.27. The molecule has 1 heterocycles. The molecule has 0 radical (unpaired) electrons. The zero-order chi connectivity index (χ0) is 10.8. The standard InChI is InChI=1S/C9H10N2O4/c12-4-6-5-15-9-3-7(11(13)14)1-2-8(9)10-6/h1-3,6,10,12H,4-5H2. The van der Waals surface area contributed by atoms with Gasteiger partial charge in [-0.1, -0.05) is 0 Å². The number of nitro benzene ring substituents is 1. The highest BCUT2D eigenvalue weighted by molar-refractivity contribution is 5.62. The van der Waals surface area contributed by atoms with Gasteiger partial charge in [-0.05, 0) is 6.07 Å². The number of nitrogens with one attached hydrogen (secondary N) is 1. The van der Waals surface area contributed by atoms with Crippen LogP contribution < -0.4 is 10.1 Å². The summed E-state index contributed by atoms with van der Waals surface area (Å²) in [6.45, 7) is 0.279. The lowest BCUT2D eigenvalue weighted by Crippen LogP contribution is -2.34. The molecule has 0 aliphatic carbocycles. The van der Waals surface area contributed by atoms with Crippen LogP contribution in [0.4, 0.5) is 11.4 Å². The Labute approximate surface area is 85.6 Å². The Morgan fingerprint density at radius 1 is 1.67 bits per heavy atom. The molecule has 2 rings (SSSR count). The fourth-order valence-electron chi connectivity index (χ4n) is 1.41. The van der Waals surface area contributed by atoms with E-state index < -0.39 is 4.92 Å². The fourth-order valence-corrected chi connectivity index (χ4v) is 1.41. The number of nitrogens with zero attached hydrogens (tertiary/aromatic N) is 1. The Hall–Kier alpha value is -1.82. The number of hydrogen-bond donors (Lipinski definition) is 2. The average molecular weight is 210 g/mol. The Bertz CT molecular complexity index is 394. The number of rotatable bonds is 2. The molecule has 1 aromatic carbocycles. The third-order valence-electron chi connectivity index (χ3n) is 2.20. The quantitative estimate of drug-likeness (QED) is 0.556. The second kappa shape index (κ2) is 3.74. The minimum absolute atomic E-state index is 0.00185. The summed E-state index contributed by atoms with van der Waals surface area (Å²) in [4.78, 5) is 10.0. The SMILES string of the molecule is O=[N+]([O-])c1ccc2c(c1)OCC(CO)N2. The molecule has 0 amide bonds. The van der Waals surface area contributed by atoms with Crippen LogP contribution in [0.1, 0.15) is 0 Å². The van der Waals surface area contributed by atoms with E-state index >= 15 is 0 Å². The summed E-state index contributed by atoms with van der Waals surface area (Å²) in [6.07, 6.45) is 0. The van der Waals surface area contributed by atoms with Crippen LogP contribution >= 0.6 is 0 Å². The monoisotopic (exact) mass is 210 g/mol. The van der Waals surface area contributed by atoms with Crippen LogP contribution in [-0.2, 0) is 0 Å². The van der Waals surface area contributed by atoms with Gasteiger partial charge < -0.3 is 15.2 Å². The summed E-state index contributed by atoms with van der Waals surface area (Å²) >= 11 is 0. The first-order valence-electron chi connectivity index (χ1n) is 4.49. The molecule has 1 aromatic rings. The van der Waals surface area contributed by atoms with E-state index in [1.54, 1.807) is 6.07 Å². The molecule has 2 N–H and O–H groups in total. The van der Waals surface area contributed by atoms with Crippen LogP contribution in [0.3, 0.4) is 0 Å². The number of aliphatic hydroxyl groups excluding tert-OH is 1. The van der Waals surface area contributed by atoms with E-state index in [4.69, 9.17) is 9.84 Å². The summed E-state index contributed by atoms with van der Waals surface area (Å²) in [5.74, 6) is 0.453. The maximum Gasteiger partial charge on any atom is 0.273 e. The van der Waals surface area contributed by atoms with Crippen molar-refractivity contribution in [2.75, 3.05) is 18.5 Å². The molecule has 0 bridgehead atoms. The number of anilines is 1. The highest BCUT2D eigenvalue weighted by Gasteiger charge is 2.20. The lowest BCUT2D eigenvalue weighted by Gasteiger charge is -2.25. The Kier molecular flexibility index (Phi) is 2.42. The summed E-state index contributed by atoms with van der Waals surface area (Å²) in [6, 6.07) is 4.19. The van der Waals surface area contributed by atoms with Gasteiger partial charge in [0.05, 0.1) is 29.3 Å². The molecule has 0 saturated carbocycles. The predicted molar refractivity (Wildman–Crippen MR) is 53.1 cm³/mol. The maximum atomic E-state index is 10.5. The van der Waals surface area contributed by atoms with Crippen molar-refractivity contribution in [1.29, 1.82) is 0 Å². The number of non-ortho nitro benzene ring substituents is 1. The van der Waals surface area contributed by atoms with Crippen molar-refractivity contribution in [3.63, 3.8) is 0 Å². The molecular weight excluding hydrogens is 200 g/mol. The van der Waals surface area contributed by atoms with Crippen molar-refractivity contribution < 1.29 is 14.8 Å². The van der Waals surface area contributed by atoms with Crippen molar-refractivity contribution in [3.8, 4) is 5.75 Å². The van der Waals surface area contributed by atoms with E-state index in [9.17, 15) is 10.1 Å². The first kappa shape index (κ1) is 9.72. The van der Waals surface area contributed by atoms with Gasteiger partial charge in [-0.3, -0.25) is 10.1 Å². The van der Waals surface area contributed by atoms with Crippen LogP contribution in [0, 0.1) is 10.1 Å². The Morgan fingerprint density at radius 2 is 2.47 bits per heavy atom. The Morgan fingerprint density at radius 3 is 3.13 bits per heavy atom. The van der Waals surface area contributed by atoms with Gasteiger partial charge in [0.1, 0.15) is 12.4 Å². The topological polar surface area (TPSA) is 84.6 Å². The highest BCUT2D eigenvalue weighted by atomic mass is 16.6. The molecular formula is C9H10N2O4. The minimum Gasteiger partial charge on any atom is -0.489 e. The second-order valence-electron chi connectivity index (χ2n) is 3.27. The molecule has 15 heavy (non-hydrogen) atoms.